The van der Waals surface area contributed by atoms with Gasteiger partial charge in [-0.25, -0.2) is 0 Å². The minimum atomic E-state index is -0.428. The fourth-order valence-corrected chi connectivity index (χ4v) is 3.21. The van der Waals surface area contributed by atoms with Crippen LogP contribution in [-0.2, 0) is 6.42 Å². The first kappa shape index (κ1) is 15.8. The quantitative estimate of drug-likeness (QED) is 0.911. The Morgan fingerprint density at radius 3 is 2.35 bits per heavy atom. The van der Waals surface area contributed by atoms with Gasteiger partial charge in [-0.15, -0.1) is 0 Å². The van der Waals surface area contributed by atoms with E-state index in [1.165, 1.54) is 16.7 Å². The third kappa shape index (κ3) is 3.05. The number of aliphatic hydroxyl groups excluding tert-OH is 1. The molecule has 0 radical (unpaired) electrons. The Hall–Kier alpha value is -2.04. The van der Waals surface area contributed by atoms with Crippen molar-refractivity contribution in [2.75, 3.05) is 14.2 Å². The van der Waals surface area contributed by atoms with Crippen LogP contribution in [0.4, 0.5) is 0 Å². The molecule has 2 aromatic carbocycles. The number of methoxy groups -OCH3 is 2. The zero-order valence-electron chi connectivity index (χ0n) is 13.7. The van der Waals surface area contributed by atoms with Crippen LogP contribution in [0.5, 0.6) is 11.5 Å². The minimum absolute atomic E-state index is 0.00538. The van der Waals surface area contributed by atoms with Crippen LogP contribution in [0.3, 0.4) is 0 Å². The molecule has 1 aliphatic rings. The maximum atomic E-state index is 10.1. The second-order valence-corrected chi connectivity index (χ2v) is 5.97. The highest BCUT2D eigenvalue weighted by molar-refractivity contribution is 5.52. The van der Waals surface area contributed by atoms with E-state index in [9.17, 15) is 5.11 Å². The molecule has 0 bridgehead atoms. The zero-order valence-corrected chi connectivity index (χ0v) is 13.7. The van der Waals surface area contributed by atoms with Crippen molar-refractivity contribution in [3.05, 3.63) is 59.2 Å². The molecule has 0 aromatic heterocycles. The summed E-state index contributed by atoms with van der Waals surface area (Å²) in [6, 6.07) is 14.4. The molecule has 0 unspecified atom stereocenters. The molecule has 1 aliphatic heterocycles. The normalized spacial score (nSPS) is 21.4. The Morgan fingerprint density at radius 1 is 1.09 bits per heavy atom. The lowest BCUT2D eigenvalue weighted by Crippen LogP contribution is -2.46. The van der Waals surface area contributed by atoms with E-state index in [4.69, 9.17) is 9.47 Å². The van der Waals surface area contributed by atoms with E-state index in [2.05, 4.69) is 17.4 Å². The molecule has 0 fully saturated rings. The summed E-state index contributed by atoms with van der Waals surface area (Å²) in [7, 11) is 3.29. The number of nitrogens with one attached hydrogen (secondary N) is 1. The summed E-state index contributed by atoms with van der Waals surface area (Å²) in [5.74, 6) is 1.45. The summed E-state index contributed by atoms with van der Waals surface area (Å²) in [5.41, 5.74) is 3.53. The summed E-state index contributed by atoms with van der Waals surface area (Å²) in [6.45, 7) is 1.82. The highest BCUT2D eigenvalue weighted by Crippen LogP contribution is 2.38. The monoisotopic (exact) mass is 313 g/mol. The highest BCUT2D eigenvalue weighted by Gasteiger charge is 2.31. The van der Waals surface area contributed by atoms with E-state index in [-0.39, 0.29) is 12.1 Å². The summed E-state index contributed by atoms with van der Waals surface area (Å²) in [6.07, 6.45) is 0.332. The fourth-order valence-electron chi connectivity index (χ4n) is 3.21. The van der Waals surface area contributed by atoms with Crippen LogP contribution in [0.25, 0.3) is 0 Å². The Bertz CT molecular complexity index is 670. The van der Waals surface area contributed by atoms with E-state index >= 15 is 0 Å². The predicted molar refractivity (Wildman–Crippen MR) is 90.1 cm³/mol. The Morgan fingerprint density at radius 2 is 1.74 bits per heavy atom. The van der Waals surface area contributed by atoms with Gasteiger partial charge in [-0.2, -0.15) is 0 Å². The van der Waals surface area contributed by atoms with Gasteiger partial charge < -0.3 is 19.9 Å². The summed E-state index contributed by atoms with van der Waals surface area (Å²) in [5, 5.41) is 13.6. The molecule has 3 atom stereocenters. The first-order chi connectivity index (χ1) is 11.1. The number of rotatable bonds is 4. The van der Waals surface area contributed by atoms with Crippen LogP contribution in [-0.4, -0.2) is 31.5 Å². The second kappa shape index (κ2) is 6.60. The van der Waals surface area contributed by atoms with Crippen molar-refractivity contribution in [3.63, 3.8) is 0 Å². The topological polar surface area (TPSA) is 50.7 Å². The molecule has 4 nitrogen and oxygen atoms in total. The summed E-state index contributed by atoms with van der Waals surface area (Å²) in [4.78, 5) is 0. The van der Waals surface area contributed by atoms with Gasteiger partial charge in [0.05, 0.1) is 26.4 Å². The molecule has 3 rings (SSSR count). The second-order valence-electron chi connectivity index (χ2n) is 5.97. The average Bonchev–Trinajstić information content (AvgIpc) is 2.60. The van der Waals surface area contributed by atoms with Gasteiger partial charge in [-0.05, 0) is 42.2 Å². The molecule has 0 aliphatic carbocycles. The fraction of sp³-hybridized carbons (Fsp3) is 0.368. The number of hydrogen-bond acceptors (Lipinski definition) is 4. The Labute approximate surface area is 137 Å². The van der Waals surface area contributed by atoms with E-state index in [1.54, 1.807) is 14.2 Å². The SMILES string of the molecule is COc1cc2c(cc1OC)[C@@H](c1ccccc1)N[C@H]([C@H](C)O)C2. The van der Waals surface area contributed by atoms with Crippen molar-refractivity contribution in [3.8, 4) is 11.5 Å². The van der Waals surface area contributed by atoms with Gasteiger partial charge in [0.25, 0.3) is 0 Å². The van der Waals surface area contributed by atoms with Crippen LogP contribution in [0.15, 0.2) is 42.5 Å². The number of ether oxygens (including phenoxy) is 2. The number of hydrogen-bond donors (Lipinski definition) is 2. The van der Waals surface area contributed by atoms with Crippen molar-refractivity contribution in [1.82, 2.24) is 5.32 Å². The third-order valence-corrected chi connectivity index (χ3v) is 4.49. The molecule has 0 spiro atoms. The van der Waals surface area contributed by atoms with E-state index in [1.807, 2.05) is 37.3 Å². The van der Waals surface area contributed by atoms with Crippen LogP contribution >= 0.6 is 0 Å². The molecule has 122 valence electrons. The molecule has 23 heavy (non-hydrogen) atoms. The third-order valence-electron chi connectivity index (χ3n) is 4.49. The number of benzene rings is 2. The van der Waals surface area contributed by atoms with Crippen LogP contribution in [0.1, 0.15) is 29.7 Å². The van der Waals surface area contributed by atoms with Gasteiger partial charge in [0.1, 0.15) is 0 Å². The lowest BCUT2D eigenvalue weighted by molar-refractivity contribution is 0.135. The first-order valence-corrected chi connectivity index (χ1v) is 7.88. The van der Waals surface area contributed by atoms with Crippen molar-refractivity contribution < 1.29 is 14.6 Å². The first-order valence-electron chi connectivity index (χ1n) is 7.88. The largest absolute Gasteiger partial charge is 0.493 e. The summed E-state index contributed by atoms with van der Waals surface area (Å²) < 4.78 is 10.9. The summed E-state index contributed by atoms with van der Waals surface area (Å²) >= 11 is 0. The van der Waals surface area contributed by atoms with E-state index in [0.29, 0.717) is 0 Å². The molecule has 4 heteroatoms. The minimum Gasteiger partial charge on any atom is -0.493 e. The molecular formula is C19H23NO3. The van der Waals surface area contributed by atoms with Crippen molar-refractivity contribution in [2.45, 2.75) is 31.5 Å². The van der Waals surface area contributed by atoms with Gasteiger partial charge >= 0.3 is 0 Å². The van der Waals surface area contributed by atoms with Crippen molar-refractivity contribution in [1.29, 1.82) is 0 Å². The van der Waals surface area contributed by atoms with E-state index in [0.717, 1.165) is 17.9 Å². The van der Waals surface area contributed by atoms with Crippen LogP contribution < -0.4 is 14.8 Å². The van der Waals surface area contributed by atoms with Crippen molar-refractivity contribution >= 4 is 0 Å². The molecule has 2 N–H and O–H groups in total. The number of fused-ring (bicyclic) bond motifs is 1. The Balaban J connectivity index is 2.11. The lowest BCUT2D eigenvalue weighted by atomic mass is 9.85. The maximum Gasteiger partial charge on any atom is 0.161 e. The highest BCUT2D eigenvalue weighted by atomic mass is 16.5. The van der Waals surface area contributed by atoms with Crippen LogP contribution in [0.2, 0.25) is 0 Å². The lowest BCUT2D eigenvalue weighted by Gasteiger charge is -2.35. The number of aliphatic hydroxyl groups is 1. The molecule has 0 amide bonds. The molecule has 0 saturated heterocycles. The molecule has 2 aromatic rings. The smallest absolute Gasteiger partial charge is 0.161 e. The maximum absolute atomic E-state index is 10.1. The van der Waals surface area contributed by atoms with Gasteiger partial charge in [0.15, 0.2) is 11.5 Å². The zero-order chi connectivity index (χ0) is 16.4. The Kier molecular flexibility index (Phi) is 4.55. The van der Waals surface area contributed by atoms with Gasteiger partial charge in [0.2, 0.25) is 0 Å². The molecule has 0 saturated carbocycles. The predicted octanol–water partition coefficient (Wildman–Crippen LogP) is 2.69. The molecular weight excluding hydrogens is 290 g/mol. The van der Waals surface area contributed by atoms with Gasteiger partial charge in [0, 0.05) is 6.04 Å². The standard InChI is InChI=1S/C19H23NO3/c1-12(21)16-9-14-10-17(22-2)18(23-3)11-15(14)19(20-16)13-7-5-4-6-8-13/h4-8,10-12,16,19-21H,9H2,1-3H3/t12-,16-,19+/m0/s1. The van der Waals surface area contributed by atoms with E-state index < -0.39 is 6.10 Å². The van der Waals surface area contributed by atoms with Crippen molar-refractivity contribution in [2.24, 2.45) is 0 Å². The molecule has 1 heterocycles. The average molecular weight is 313 g/mol. The van der Waals surface area contributed by atoms with Gasteiger partial charge in [-0.3, -0.25) is 0 Å². The van der Waals surface area contributed by atoms with Gasteiger partial charge in [-0.1, -0.05) is 30.3 Å². The van der Waals surface area contributed by atoms with Crippen LogP contribution in [0, 0.1) is 0 Å².